The van der Waals surface area contributed by atoms with Crippen molar-refractivity contribution in [1.29, 1.82) is 0 Å². The number of aryl methyl sites for hydroxylation is 1. The van der Waals surface area contributed by atoms with Gasteiger partial charge >= 0.3 is 6.09 Å². The first-order valence-corrected chi connectivity index (χ1v) is 19.9. The predicted octanol–water partition coefficient (Wildman–Crippen LogP) is 7.83. The third-order valence-electron chi connectivity index (χ3n) is 10.8. The van der Waals surface area contributed by atoms with Gasteiger partial charge in [0.2, 0.25) is 11.8 Å². The number of methoxy groups -OCH3 is 1. The second-order valence-corrected chi connectivity index (χ2v) is 14.8. The average molecular weight is 762 g/mol. The number of alkyl carbamates (subject to hydrolysis) is 1. The molecular weight excluding hydrogens is 707 g/mol. The quantitative estimate of drug-likeness (QED) is 0.0912. The van der Waals surface area contributed by atoms with Gasteiger partial charge in [-0.3, -0.25) is 9.59 Å². The number of hydrogen-bond donors (Lipinski definition) is 5. The molecule has 2 aromatic carbocycles. The molecule has 4 atom stereocenters. The normalized spacial score (nSPS) is 18.6. The smallest absolute Gasteiger partial charge is 0.407 e. The Kier molecular flexibility index (Phi) is 13.0. The molecule has 13 heteroatoms. The largest absolute Gasteiger partial charge is 0.453 e. The van der Waals surface area contributed by atoms with E-state index < -0.39 is 12.1 Å². The fourth-order valence-corrected chi connectivity index (χ4v) is 7.83. The van der Waals surface area contributed by atoms with Crippen molar-refractivity contribution in [2.45, 2.75) is 97.7 Å². The van der Waals surface area contributed by atoms with Crippen molar-refractivity contribution in [2.75, 3.05) is 13.7 Å². The molecule has 2 fully saturated rings. The Morgan fingerprint density at radius 1 is 0.786 bits per heavy atom. The number of nitrogens with one attached hydrogen (secondary N) is 5. The van der Waals surface area contributed by atoms with E-state index in [1.54, 1.807) is 6.20 Å². The third-order valence-corrected chi connectivity index (χ3v) is 10.8. The molecule has 56 heavy (non-hydrogen) atoms. The average Bonchev–Trinajstić information content (AvgIpc) is 4.07. The van der Waals surface area contributed by atoms with Gasteiger partial charge in [0, 0.05) is 30.3 Å². The van der Waals surface area contributed by atoms with Crippen LogP contribution in [0.25, 0.3) is 33.6 Å². The lowest BCUT2D eigenvalue weighted by Gasteiger charge is -2.30. The molecule has 1 aliphatic carbocycles. The summed E-state index contributed by atoms with van der Waals surface area (Å²) in [5, 5.41) is 5.78. The highest BCUT2D eigenvalue weighted by molar-refractivity contribution is 5.86. The number of imidazole rings is 3. The molecule has 0 radical (unpaired) electrons. The zero-order chi connectivity index (χ0) is 39.8. The van der Waals surface area contributed by atoms with Crippen molar-refractivity contribution in [1.82, 2.24) is 45.4 Å². The summed E-state index contributed by atoms with van der Waals surface area (Å²) in [4.78, 5) is 64.4. The summed E-state index contributed by atoms with van der Waals surface area (Å²) in [7, 11) is 1.30. The van der Waals surface area contributed by atoms with Gasteiger partial charge in [0.15, 0.2) is 0 Å². The van der Waals surface area contributed by atoms with E-state index in [4.69, 9.17) is 9.72 Å². The van der Waals surface area contributed by atoms with Crippen LogP contribution in [-0.4, -0.2) is 72.4 Å². The monoisotopic (exact) mass is 761 g/mol. The van der Waals surface area contributed by atoms with Crippen LogP contribution in [0.15, 0.2) is 67.1 Å². The standard InChI is InChI=1S/C41H49N9O4.C2H6/c1-24(2)36(49-41(53)54-4)40(52)50-19-7-10-34(50)38-44-22-33(48-38)29-17-13-27(14-18-29)26-11-15-28(16-12-26)32-21-43-37(47-32)30-8-5-6-9-31(30)39(51)45-23-35-42-20-25(3)46-35;1-2/h11-18,20-22,24,30-31,34,36H,5-10,19,23H2,1-4H3,(H,42,46)(H,43,47)(H,44,48)(H,45,51)(H,49,53);1-2H3/t30-,31?,34?,36?;/m1./s1. The van der Waals surface area contributed by atoms with Crippen LogP contribution in [0.5, 0.6) is 0 Å². The molecule has 2 aliphatic rings. The van der Waals surface area contributed by atoms with E-state index in [0.29, 0.717) is 13.1 Å². The fourth-order valence-electron chi connectivity index (χ4n) is 7.83. The maximum Gasteiger partial charge on any atom is 0.407 e. The van der Waals surface area contributed by atoms with Gasteiger partial charge in [-0.25, -0.2) is 19.7 Å². The number of carbonyl (C=O) groups is 3. The zero-order valence-corrected chi connectivity index (χ0v) is 33.3. The fraction of sp³-hybridized carbons (Fsp3) is 0.442. The van der Waals surface area contributed by atoms with Gasteiger partial charge in [0.05, 0.1) is 43.5 Å². The Hall–Kier alpha value is -5.72. The van der Waals surface area contributed by atoms with Crippen LogP contribution in [-0.2, 0) is 20.9 Å². The summed E-state index contributed by atoms with van der Waals surface area (Å²) in [6, 6.07) is 15.9. The lowest BCUT2D eigenvalue weighted by Crippen LogP contribution is -2.51. The van der Waals surface area contributed by atoms with E-state index in [1.165, 1.54) is 7.11 Å². The van der Waals surface area contributed by atoms with Gasteiger partial charge in [-0.1, -0.05) is 89.1 Å². The molecular formula is C43H55N9O4. The Morgan fingerprint density at radius 3 is 1.96 bits per heavy atom. The van der Waals surface area contributed by atoms with E-state index in [0.717, 1.165) is 95.3 Å². The highest BCUT2D eigenvalue weighted by atomic mass is 16.5. The third kappa shape index (κ3) is 9.04. The van der Waals surface area contributed by atoms with Gasteiger partial charge < -0.3 is 35.2 Å². The molecule has 0 spiro atoms. The number of ether oxygens (including phenoxy) is 1. The van der Waals surface area contributed by atoms with E-state index in [9.17, 15) is 14.4 Å². The van der Waals surface area contributed by atoms with Crippen LogP contribution in [0.2, 0.25) is 0 Å². The second-order valence-electron chi connectivity index (χ2n) is 14.8. The minimum absolute atomic E-state index is 0.0433. The lowest BCUT2D eigenvalue weighted by atomic mass is 9.78. The molecule has 4 heterocycles. The lowest BCUT2D eigenvalue weighted by molar-refractivity contribution is -0.135. The second kappa shape index (κ2) is 18.3. The molecule has 5 aromatic rings. The number of nitrogens with zero attached hydrogens (tertiary/aromatic N) is 4. The van der Waals surface area contributed by atoms with Crippen LogP contribution >= 0.6 is 0 Å². The van der Waals surface area contributed by atoms with Gasteiger partial charge in [-0.05, 0) is 60.8 Å². The molecule has 296 valence electrons. The first-order chi connectivity index (χ1) is 27.2. The van der Waals surface area contributed by atoms with Crippen molar-refractivity contribution in [3.63, 3.8) is 0 Å². The summed E-state index contributed by atoms with van der Waals surface area (Å²) in [5.74, 6) is 2.10. The van der Waals surface area contributed by atoms with E-state index in [1.807, 2.05) is 51.9 Å². The highest BCUT2D eigenvalue weighted by Gasteiger charge is 2.38. The van der Waals surface area contributed by atoms with E-state index in [-0.39, 0.29) is 35.6 Å². The molecule has 1 aliphatic heterocycles. The molecule has 3 unspecified atom stereocenters. The Labute approximate surface area is 328 Å². The Bertz CT molecular complexity index is 2060. The molecule has 7 rings (SSSR count). The maximum absolute atomic E-state index is 13.5. The molecule has 3 aromatic heterocycles. The predicted molar refractivity (Wildman–Crippen MR) is 216 cm³/mol. The number of amides is 3. The topological polar surface area (TPSA) is 174 Å². The number of likely N-dealkylation sites (tertiary alicyclic amines) is 1. The van der Waals surface area contributed by atoms with Crippen LogP contribution in [0.3, 0.4) is 0 Å². The number of hydrogen-bond acceptors (Lipinski definition) is 7. The highest BCUT2D eigenvalue weighted by Crippen LogP contribution is 2.38. The summed E-state index contributed by atoms with van der Waals surface area (Å²) >= 11 is 0. The Morgan fingerprint density at radius 2 is 1.38 bits per heavy atom. The van der Waals surface area contributed by atoms with E-state index in [2.05, 4.69) is 84.1 Å². The van der Waals surface area contributed by atoms with Gasteiger partial charge in [0.25, 0.3) is 0 Å². The minimum atomic E-state index is -0.677. The molecule has 1 saturated carbocycles. The summed E-state index contributed by atoms with van der Waals surface area (Å²) in [5.41, 5.74) is 6.98. The maximum atomic E-state index is 13.5. The minimum Gasteiger partial charge on any atom is -0.453 e. The SMILES string of the molecule is CC.COC(=O)NC(C(=O)N1CCCC1c1ncc(-c2ccc(-c3ccc(-c4cnc([C@@H]5CCCCC5C(=O)NCc5ncc(C)[nH]5)[nH]4)cc3)cc2)[nH]1)C(C)C. The van der Waals surface area contributed by atoms with Crippen molar-refractivity contribution in [3.8, 4) is 33.6 Å². The van der Waals surface area contributed by atoms with Gasteiger partial charge in [0.1, 0.15) is 23.5 Å². The number of aromatic nitrogens is 6. The van der Waals surface area contributed by atoms with Gasteiger partial charge in [-0.15, -0.1) is 0 Å². The van der Waals surface area contributed by atoms with Crippen molar-refractivity contribution >= 4 is 17.9 Å². The molecule has 1 saturated heterocycles. The molecule has 5 N–H and O–H groups in total. The van der Waals surface area contributed by atoms with E-state index >= 15 is 0 Å². The number of H-pyrrole nitrogens is 3. The van der Waals surface area contributed by atoms with Crippen LogP contribution in [0, 0.1) is 18.8 Å². The van der Waals surface area contributed by atoms with Crippen molar-refractivity contribution < 1.29 is 19.1 Å². The van der Waals surface area contributed by atoms with Crippen molar-refractivity contribution in [2.24, 2.45) is 11.8 Å². The number of carbonyl (C=O) groups excluding carboxylic acids is 3. The summed E-state index contributed by atoms with van der Waals surface area (Å²) in [6.45, 7) is 10.8. The van der Waals surface area contributed by atoms with Crippen molar-refractivity contribution in [3.05, 3.63) is 90.3 Å². The molecule has 13 nitrogen and oxygen atoms in total. The Balaban J connectivity index is 0.00000262. The molecule has 0 bridgehead atoms. The zero-order valence-electron chi connectivity index (χ0n) is 33.3. The number of aromatic amines is 3. The van der Waals surface area contributed by atoms with Gasteiger partial charge in [-0.2, -0.15) is 0 Å². The first-order valence-electron chi connectivity index (χ1n) is 19.9. The molecule has 3 amide bonds. The first kappa shape index (κ1) is 40.0. The number of benzene rings is 2. The van der Waals surface area contributed by atoms with Crippen LogP contribution < -0.4 is 10.6 Å². The number of rotatable bonds is 11. The summed E-state index contributed by atoms with van der Waals surface area (Å²) in [6.07, 6.45) is 10.4. The van der Waals surface area contributed by atoms with Crippen LogP contribution in [0.1, 0.15) is 101 Å². The summed E-state index contributed by atoms with van der Waals surface area (Å²) < 4.78 is 4.76. The van der Waals surface area contributed by atoms with Crippen LogP contribution in [0.4, 0.5) is 4.79 Å².